The maximum absolute atomic E-state index is 9.51. The van der Waals surface area contributed by atoms with Crippen LogP contribution in [0.25, 0.3) is 16.8 Å². The highest BCUT2D eigenvalue weighted by atomic mass is 16.5. The normalized spacial score (nSPS) is 13.6. The summed E-state index contributed by atoms with van der Waals surface area (Å²) in [6.07, 6.45) is 6.33. The third kappa shape index (κ3) is 4.96. The van der Waals surface area contributed by atoms with Gasteiger partial charge in [-0.15, -0.1) is 0 Å². The van der Waals surface area contributed by atoms with Gasteiger partial charge < -0.3 is 30.1 Å². The number of aliphatic hydroxyl groups is 2. The molecule has 0 aliphatic carbocycles. The standard InChI is InChI=1S/C32H33N3O3/c1-23-30(8-5-9-31(23)34(18-20-36)19-21-37)33-22-26-13-16-29-28-7-4-3-6-24(28)10-17-32(29)35(26)25-11-14-27(38-2)15-12-25/h3-17,22,33,36-37H,18-21H2,1-2H3/b26-22-. The average molecular weight is 508 g/mol. The topological polar surface area (TPSA) is 68.2 Å². The van der Waals surface area contributed by atoms with Gasteiger partial charge >= 0.3 is 0 Å². The summed E-state index contributed by atoms with van der Waals surface area (Å²) < 4.78 is 5.40. The lowest BCUT2D eigenvalue weighted by Crippen LogP contribution is -2.30. The molecule has 38 heavy (non-hydrogen) atoms. The van der Waals surface area contributed by atoms with E-state index in [1.54, 1.807) is 7.11 Å². The second-order valence-corrected chi connectivity index (χ2v) is 9.18. The molecule has 0 bridgehead atoms. The molecule has 0 amide bonds. The lowest BCUT2D eigenvalue weighted by Gasteiger charge is -2.31. The highest BCUT2D eigenvalue weighted by molar-refractivity contribution is 5.99. The summed E-state index contributed by atoms with van der Waals surface area (Å²) in [5.41, 5.74) is 7.30. The molecule has 1 aliphatic heterocycles. The molecule has 6 nitrogen and oxygen atoms in total. The van der Waals surface area contributed by atoms with E-state index in [1.807, 2.05) is 41.4 Å². The zero-order valence-corrected chi connectivity index (χ0v) is 21.8. The maximum atomic E-state index is 9.51. The molecule has 4 aromatic rings. The summed E-state index contributed by atoms with van der Waals surface area (Å²) in [5, 5.41) is 25.0. The fraction of sp³-hybridized carbons (Fsp3) is 0.188. The Morgan fingerprint density at radius 1 is 0.868 bits per heavy atom. The van der Waals surface area contributed by atoms with Crippen LogP contribution in [0, 0.1) is 6.92 Å². The molecule has 0 atom stereocenters. The first-order valence-corrected chi connectivity index (χ1v) is 12.8. The number of fused-ring (bicyclic) bond motifs is 3. The van der Waals surface area contributed by atoms with Crippen molar-refractivity contribution in [1.82, 2.24) is 0 Å². The van der Waals surface area contributed by atoms with E-state index in [0.29, 0.717) is 13.1 Å². The number of anilines is 4. The van der Waals surface area contributed by atoms with Crippen molar-refractivity contribution in [2.24, 2.45) is 0 Å². The predicted octanol–water partition coefficient (Wildman–Crippen LogP) is 6.07. The molecule has 4 aromatic carbocycles. The van der Waals surface area contributed by atoms with Gasteiger partial charge in [0.25, 0.3) is 0 Å². The van der Waals surface area contributed by atoms with Gasteiger partial charge in [-0.25, -0.2) is 0 Å². The third-order valence-corrected chi connectivity index (χ3v) is 6.96. The SMILES string of the molecule is COc1ccc(N2/C(=C\Nc3cccc(N(CCO)CCO)c3C)C=Cc3c2ccc2ccccc32)cc1. The zero-order chi connectivity index (χ0) is 26.5. The van der Waals surface area contributed by atoms with E-state index in [1.165, 1.54) is 16.3 Å². The van der Waals surface area contributed by atoms with Crippen LogP contribution in [0.4, 0.5) is 22.7 Å². The van der Waals surface area contributed by atoms with Crippen LogP contribution < -0.4 is 19.9 Å². The minimum Gasteiger partial charge on any atom is -0.497 e. The Balaban J connectivity index is 1.55. The molecule has 0 aromatic heterocycles. The number of rotatable bonds is 9. The summed E-state index contributed by atoms with van der Waals surface area (Å²) in [6, 6.07) is 26.9. The summed E-state index contributed by atoms with van der Waals surface area (Å²) in [5.74, 6) is 0.812. The van der Waals surface area contributed by atoms with Crippen molar-refractivity contribution in [1.29, 1.82) is 0 Å². The number of nitrogens with zero attached hydrogens (tertiary/aromatic N) is 2. The van der Waals surface area contributed by atoms with E-state index in [2.05, 4.69) is 77.8 Å². The monoisotopic (exact) mass is 507 g/mol. The van der Waals surface area contributed by atoms with Crippen LogP contribution >= 0.6 is 0 Å². The smallest absolute Gasteiger partial charge is 0.119 e. The molecule has 6 heteroatoms. The molecule has 0 radical (unpaired) electrons. The minimum absolute atomic E-state index is 0.0247. The van der Waals surface area contributed by atoms with E-state index < -0.39 is 0 Å². The van der Waals surface area contributed by atoms with Gasteiger partial charge in [0.1, 0.15) is 5.75 Å². The molecule has 3 N–H and O–H groups in total. The van der Waals surface area contributed by atoms with E-state index in [0.717, 1.165) is 39.8 Å². The predicted molar refractivity (Wildman–Crippen MR) is 157 cm³/mol. The van der Waals surface area contributed by atoms with E-state index in [9.17, 15) is 10.2 Å². The van der Waals surface area contributed by atoms with Gasteiger partial charge in [-0.2, -0.15) is 0 Å². The van der Waals surface area contributed by atoms with Crippen LogP contribution in [0.3, 0.4) is 0 Å². The number of nitrogens with one attached hydrogen (secondary N) is 1. The second kappa shape index (κ2) is 11.4. The van der Waals surface area contributed by atoms with Crippen molar-refractivity contribution in [3.05, 3.63) is 108 Å². The molecular weight excluding hydrogens is 474 g/mol. The molecule has 0 saturated heterocycles. The lowest BCUT2D eigenvalue weighted by atomic mass is 9.98. The van der Waals surface area contributed by atoms with Crippen molar-refractivity contribution >= 4 is 39.6 Å². The Kier molecular flexibility index (Phi) is 7.63. The summed E-state index contributed by atoms with van der Waals surface area (Å²) in [7, 11) is 1.67. The molecule has 5 rings (SSSR count). The lowest BCUT2D eigenvalue weighted by molar-refractivity contribution is 0.281. The van der Waals surface area contributed by atoms with Crippen molar-refractivity contribution < 1.29 is 14.9 Å². The van der Waals surface area contributed by atoms with Gasteiger partial charge in [0.2, 0.25) is 0 Å². The van der Waals surface area contributed by atoms with Crippen LogP contribution in [0.1, 0.15) is 11.1 Å². The number of hydrogen-bond acceptors (Lipinski definition) is 6. The molecule has 0 fully saturated rings. The van der Waals surface area contributed by atoms with Gasteiger partial charge in [0, 0.05) is 41.9 Å². The van der Waals surface area contributed by atoms with Crippen LogP contribution in [-0.4, -0.2) is 43.6 Å². The largest absolute Gasteiger partial charge is 0.497 e. The summed E-state index contributed by atoms with van der Waals surface area (Å²) in [6.45, 7) is 3.03. The van der Waals surface area contributed by atoms with Crippen LogP contribution in [0.2, 0.25) is 0 Å². The van der Waals surface area contributed by atoms with Crippen LogP contribution in [-0.2, 0) is 0 Å². The highest BCUT2D eigenvalue weighted by Gasteiger charge is 2.21. The fourth-order valence-corrected chi connectivity index (χ4v) is 5.04. The number of benzene rings is 4. The van der Waals surface area contributed by atoms with Crippen molar-refractivity contribution in [3.63, 3.8) is 0 Å². The van der Waals surface area contributed by atoms with E-state index >= 15 is 0 Å². The Hall–Kier alpha value is -4.26. The maximum Gasteiger partial charge on any atom is 0.119 e. The number of ether oxygens (including phenoxy) is 1. The highest BCUT2D eigenvalue weighted by Crippen LogP contribution is 2.41. The Morgan fingerprint density at radius 2 is 1.63 bits per heavy atom. The second-order valence-electron chi connectivity index (χ2n) is 9.18. The van der Waals surface area contributed by atoms with Crippen LogP contribution in [0.5, 0.6) is 5.75 Å². The Bertz CT molecular complexity index is 1470. The number of hydrogen-bond donors (Lipinski definition) is 3. The van der Waals surface area contributed by atoms with Crippen molar-refractivity contribution in [2.45, 2.75) is 6.92 Å². The van der Waals surface area contributed by atoms with Crippen molar-refractivity contribution in [3.8, 4) is 5.75 Å². The Morgan fingerprint density at radius 3 is 2.37 bits per heavy atom. The summed E-state index contributed by atoms with van der Waals surface area (Å²) in [4.78, 5) is 4.25. The number of methoxy groups -OCH3 is 1. The first-order valence-electron chi connectivity index (χ1n) is 12.8. The van der Waals surface area contributed by atoms with Crippen LogP contribution in [0.15, 0.2) is 96.8 Å². The Labute approximate surface area is 223 Å². The molecule has 0 saturated carbocycles. The molecule has 194 valence electrons. The van der Waals surface area contributed by atoms with E-state index in [4.69, 9.17) is 4.74 Å². The molecule has 1 heterocycles. The average Bonchev–Trinajstić information content (AvgIpc) is 2.96. The summed E-state index contributed by atoms with van der Waals surface area (Å²) >= 11 is 0. The number of aliphatic hydroxyl groups excluding tert-OH is 2. The first-order chi connectivity index (χ1) is 18.6. The number of allylic oxidation sites excluding steroid dienone is 1. The van der Waals surface area contributed by atoms with Gasteiger partial charge in [0.15, 0.2) is 0 Å². The minimum atomic E-state index is 0.0247. The fourth-order valence-electron chi connectivity index (χ4n) is 5.04. The van der Waals surface area contributed by atoms with Gasteiger partial charge in [-0.05, 0) is 71.8 Å². The zero-order valence-electron chi connectivity index (χ0n) is 21.8. The van der Waals surface area contributed by atoms with Gasteiger partial charge in [0.05, 0.1) is 31.7 Å². The molecule has 1 aliphatic rings. The van der Waals surface area contributed by atoms with Crippen molar-refractivity contribution in [2.75, 3.05) is 48.5 Å². The molecular formula is C32H33N3O3. The van der Waals surface area contributed by atoms with Gasteiger partial charge in [-0.3, -0.25) is 0 Å². The first kappa shape index (κ1) is 25.4. The third-order valence-electron chi connectivity index (χ3n) is 6.96. The quantitative estimate of drug-likeness (QED) is 0.256. The van der Waals surface area contributed by atoms with E-state index in [-0.39, 0.29) is 13.2 Å². The molecule has 0 unspecified atom stereocenters. The molecule has 0 spiro atoms. The van der Waals surface area contributed by atoms with Gasteiger partial charge in [-0.1, -0.05) is 42.5 Å².